The van der Waals surface area contributed by atoms with Crippen LogP contribution in [0.1, 0.15) is 11.1 Å². The standard InChI is InChI=1S/C22H22N2O2/c1-16-9-8-10-17(2)22(16)26-15-21(25)24-20-14-7-6-13-19(20)23-18-11-4-3-5-12-18/h3-14,23H,15H2,1-2H3,(H,24,25). The quantitative estimate of drug-likeness (QED) is 0.655. The Morgan fingerprint density at radius 1 is 0.808 bits per heavy atom. The second kappa shape index (κ2) is 8.21. The normalized spacial score (nSPS) is 10.2. The minimum absolute atomic E-state index is 0.0363. The number of rotatable bonds is 6. The van der Waals surface area contributed by atoms with Crippen molar-refractivity contribution in [2.24, 2.45) is 0 Å². The minimum Gasteiger partial charge on any atom is -0.483 e. The van der Waals surface area contributed by atoms with Crippen LogP contribution in [-0.4, -0.2) is 12.5 Å². The lowest BCUT2D eigenvalue weighted by Gasteiger charge is -2.14. The molecule has 132 valence electrons. The Labute approximate surface area is 153 Å². The Morgan fingerprint density at radius 2 is 1.42 bits per heavy atom. The molecule has 0 bridgehead atoms. The smallest absolute Gasteiger partial charge is 0.262 e. The molecular formula is C22H22N2O2. The maximum Gasteiger partial charge on any atom is 0.262 e. The molecule has 2 N–H and O–H groups in total. The van der Waals surface area contributed by atoms with Crippen molar-refractivity contribution in [3.63, 3.8) is 0 Å². The van der Waals surface area contributed by atoms with Crippen LogP contribution in [0.5, 0.6) is 5.75 Å². The van der Waals surface area contributed by atoms with Crippen molar-refractivity contribution in [3.8, 4) is 5.75 Å². The Kier molecular flexibility index (Phi) is 5.54. The van der Waals surface area contributed by atoms with E-state index in [9.17, 15) is 4.79 Å². The SMILES string of the molecule is Cc1cccc(C)c1OCC(=O)Nc1ccccc1Nc1ccccc1. The van der Waals surface area contributed by atoms with Gasteiger partial charge in [0, 0.05) is 5.69 Å². The Balaban J connectivity index is 1.66. The molecule has 0 aliphatic rings. The van der Waals surface area contributed by atoms with Crippen molar-refractivity contribution in [1.82, 2.24) is 0 Å². The lowest BCUT2D eigenvalue weighted by molar-refractivity contribution is -0.118. The highest BCUT2D eigenvalue weighted by molar-refractivity contribution is 5.95. The summed E-state index contributed by atoms with van der Waals surface area (Å²) in [5.74, 6) is 0.563. The molecule has 0 fully saturated rings. The first kappa shape index (κ1) is 17.5. The van der Waals surface area contributed by atoms with E-state index < -0.39 is 0 Å². The third-order valence-electron chi connectivity index (χ3n) is 4.01. The zero-order valence-corrected chi connectivity index (χ0v) is 15.0. The van der Waals surface area contributed by atoms with E-state index in [1.807, 2.05) is 86.6 Å². The predicted octanol–water partition coefficient (Wildman–Crippen LogP) is 5.06. The Hall–Kier alpha value is -3.27. The molecule has 4 nitrogen and oxygen atoms in total. The minimum atomic E-state index is -0.199. The number of nitrogens with one attached hydrogen (secondary N) is 2. The van der Waals surface area contributed by atoms with Gasteiger partial charge in [-0.25, -0.2) is 0 Å². The van der Waals surface area contributed by atoms with Gasteiger partial charge in [-0.3, -0.25) is 4.79 Å². The molecule has 0 radical (unpaired) electrons. The average molecular weight is 346 g/mol. The summed E-state index contributed by atoms with van der Waals surface area (Å²) >= 11 is 0. The second-order valence-electron chi connectivity index (χ2n) is 6.09. The first-order valence-electron chi connectivity index (χ1n) is 8.53. The van der Waals surface area contributed by atoms with Crippen molar-refractivity contribution >= 4 is 23.0 Å². The number of carbonyl (C=O) groups is 1. The second-order valence-corrected chi connectivity index (χ2v) is 6.09. The zero-order chi connectivity index (χ0) is 18.4. The molecule has 0 atom stereocenters. The molecule has 0 spiro atoms. The molecule has 0 aliphatic heterocycles. The number of hydrogen-bond acceptors (Lipinski definition) is 3. The summed E-state index contributed by atoms with van der Waals surface area (Å²) < 4.78 is 5.73. The topological polar surface area (TPSA) is 50.4 Å². The van der Waals surface area contributed by atoms with Gasteiger partial charge in [0.15, 0.2) is 6.61 Å². The van der Waals surface area contributed by atoms with Crippen LogP contribution < -0.4 is 15.4 Å². The molecule has 3 rings (SSSR count). The van der Waals surface area contributed by atoms with Gasteiger partial charge >= 0.3 is 0 Å². The molecule has 3 aromatic carbocycles. The number of aryl methyl sites for hydroxylation is 2. The monoisotopic (exact) mass is 346 g/mol. The molecule has 0 saturated carbocycles. The summed E-state index contributed by atoms with van der Waals surface area (Å²) in [5, 5.41) is 6.23. The number of carbonyl (C=O) groups excluding carboxylic acids is 1. The molecule has 0 heterocycles. The van der Waals surface area contributed by atoms with Gasteiger partial charge in [0.2, 0.25) is 0 Å². The average Bonchev–Trinajstić information content (AvgIpc) is 2.64. The van der Waals surface area contributed by atoms with E-state index in [1.54, 1.807) is 0 Å². The van der Waals surface area contributed by atoms with Crippen molar-refractivity contribution in [2.45, 2.75) is 13.8 Å². The number of amides is 1. The molecule has 4 heteroatoms. The Morgan fingerprint density at radius 3 is 2.12 bits per heavy atom. The number of para-hydroxylation sites is 4. The van der Waals surface area contributed by atoms with Crippen LogP contribution in [0.15, 0.2) is 72.8 Å². The highest BCUT2D eigenvalue weighted by Gasteiger charge is 2.10. The van der Waals surface area contributed by atoms with Gasteiger partial charge < -0.3 is 15.4 Å². The fourth-order valence-electron chi connectivity index (χ4n) is 2.73. The van der Waals surface area contributed by atoms with Gasteiger partial charge in [-0.1, -0.05) is 48.5 Å². The summed E-state index contributed by atoms with van der Waals surface area (Å²) in [7, 11) is 0. The van der Waals surface area contributed by atoms with Crippen molar-refractivity contribution < 1.29 is 9.53 Å². The number of ether oxygens (including phenoxy) is 1. The number of anilines is 3. The molecule has 0 aliphatic carbocycles. The Bertz CT molecular complexity index is 871. The van der Waals surface area contributed by atoms with E-state index in [4.69, 9.17) is 4.74 Å². The summed E-state index contributed by atoms with van der Waals surface area (Å²) in [6.45, 7) is 3.91. The molecule has 3 aromatic rings. The van der Waals surface area contributed by atoms with Gasteiger partial charge in [0.25, 0.3) is 5.91 Å². The van der Waals surface area contributed by atoms with Crippen LogP contribution in [0, 0.1) is 13.8 Å². The zero-order valence-electron chi connectivity index (χ0n) is 15.0. The molecule has 0 aromatic heterocycles. The van der Waals surface area contributed by atoms with Crippen LogP contribution >= 0.6 is 0 Å². The lowest BCUT2D eigenvalue weighted by Crippen LogP contribution is -2.21. The van der Waals surface area contributed by atoms with E-state index >= 15 is 0 Å². The van der Waals surface area contributed by atoms with E-state index in [-0.39, 0.29) is 12.5 Å². The van der Waals surface area contributed by atoms with Crippen molar-refractivity contribution in [3.05, 3.63) is 83.9 Å². The maximum atomic E-state index is 12.3. The molecule has 1 amide bonds. The maximum absolute atomic E-state index is 12.3. The molecule has 0 saturated heterocycles. The summed E-state index contributed by atoms with van der Waals surface area (Å²) in [6.07, 6.45) is 0. The van der Waals surface area contributed by atoms with Crippen molar-refractivity contribution in [2.75, 3.05) is 17.2 Å². The number of hydrogen-bond donors (Lipinski definition) is 2. The fraction of sp³-hybridized carbons (Fsp3) is 0.136. The largest absolute Gasteiger partial charge is 0.483 e. The number of benzene rings is 3. The van der Waals surface area contributed by atoms with Gasteiger partial charge in [-0.2, -0.15) is 0 Å². The summed E-state index contributed by atoms with van der Waals surface area (Å²) in [6, 6.07) is 23.4. The molecule has 26 heavy (non-hydrogen) atoms. The fourth-order valence-corrected chi connectivity index (χ4v) is 2.73. The highest BCUT2D eigenvalue weighted by atomic mass is 16.5. The molecular weight excluding hydrogens is 324 g/mol. The van der Waals surface area contributed by atoms with Crippen LogP contribution in [0.4, 0.5) is 17.1 Å². The van der Waals surface area contributed by atoms with E-state index in [0.29, 0.717) is 5.69 Å². The third-order valence-corrected chi connectivity index (χ3v) is 4.01. The van der Waals surface area contributed by atoms with Crippen LogP contribution in [0.3, 0.4) is 0 Å². The first-order valence-corrected chi connectivity index (χ1v) is 8.53. The van der Waals surface area contributed by atoms with Crippen molar-refractivity contribution in [1.29, 1.82) is 0 Å². The van der Waals surface area contributed by atoms with E-state index in [1.165, 1.54) is 0 Å². The first-order chi connectivity index (χ1) is 12.6. The van der Waals surface area contributed by atoms with Gasteiger partial charge in [0.05, 0.1) is 11.4 Å². The van der Waals surface area contributed by atoms with Crippen LogP contribution in [0.25, 0.3) is 0 Å². The predicted molar refractivity (Wildman–Crippen MR) is 106 cm³/mol. The van der Waals surface area contributed by atoms with Crippen LogP contribution in [-0.2, 0) is 4.79 Å². The van der Waals surface area contributed by atoms with E-state index in [2.05, 4.69) is 10.6 Å². The highest BCUT2D eigenvalue weighted by Crippen LogP contribution is 2.25. The van der Waals surface area contributed by atoms with Crippen LogP contribution in [0.2, 0.25) is 0 Å². The van der Waals surface area contributed by atoms with Gasteiger partial charge in [-0.15, -0.1) is 0 Å². The van der Waals surface area contributed by atoms with Gasteiger partial charge in [-0.05, 0) is 49.2 Å². The van der Waals surface area contributed by atoms with Gasteiger partial charge in [0.1, 0.15) is 5.75 Å². The van der Waals surface area contributed by atoms with E-state index in [0.717, 1.165) is 28.3 Å². The third kappa shape index (κ3) is 4.42. The lowest BCUT2D eigenvalue weighted by atomic mass is 10.1. The molecule has 0 unspecified atom stereocenters. The summed E-state index contributed by atoms with van der Waals surface area (Å²) in [4.78, 5) is 12.3. The summed E-state index contributed by atoms with van der Waals surface area (Å²) in [5.41, 5.74) is 4.54.